The summed E-state index contributed by atoms with van der Waals surface area (Å²) in [6.45, 7) is 11.6. The van der Waals surface area contributed by atoms with Crippen LogP contribution in [-0.2, 0) is 14.0 Å². The lowest BCUT2D eigenvalue weighted by Crippen LogP contribution is -2.44. The lowest BCUT2D eigenvalue weighted by molar-refractivity contribution is -0.144. The summed E-state index contributed by atoms with van der Waals surface area (Å²) in [5.74, 6) is -0.286. The first-order chi connectivity index (χ1) is 8.08. The van der Waals surface area contributed by atoms with Gasteiger partial charge in [-0.3, -0.25) is 4.79 Å². The van der Waals surface area contributed by atoms with Gasteiger partial charge in [0.15, 0.2) is 8.32 Å². The number of esters is 1. The highest BCUT2D eigenvalue weighted by Crippen LogP contribution is 2.39. The molecule has 0 unspecified atom stereocenters. The van der Waals surface area contributed by atoms with Gasteiger partial charge in [0.25, 0.3) is 0 Å². The zero-order chi connectivity index (χ0) is 14.1. The van der Waals surface area contributed by atoms with Crippen LogP contribution in [0.3, 0.4) is 0 Å². The predicted molar refractivity (Wildman–Crippen MR) is 75.1 cm³/mol. The summed E-state index contributed by atoms with van der Waals surface area (Å²) >= 11 is 6.06. The molecule has 1 rings (SSSR count). The van der Waals surface area contributed by atoms with Crippen molar-refractivity contribution in [2.75, 3.05) is 13.7 Å². The molecule has 0 saturated carbocycles. The average molecular weight is 294 g/mol. The summed E-state index contributed by atoms with van der Waals surface area (Å²) < 4.78 is 12.5. The Hall–Kier alpha value is -0.103. The van der Waals surface area contributed by atoms with Crippen LogP contribution in [0.5, 0.6) is 0 Å². The SMILES string of the molecule is COC(=O)[C@@H]1C[C@@H](O[Si](C)(C)C(C)(C)C)CN1Cl. The van der Waals surface area contributed by atoms with Gasteiger partial charge in [-0.15, -0.1) is 0 Å². The molecule has 0 radical (unpaired) electrons. The molecule has 0 aliphatic carbocycles. The van der Waals surface area contributed by atoms with E-state index in [0.29, 0.717) is 13.0 Å². The molecule has 0 bridgehead atoms. The van der Waals surface area contributed by atoms with Crippen molar-refractivity contribution < 1.29 is 14.0 Å². The molecule has 1 saturated heterocycles. The van der Waals surface area contributed by atoms with Gasteiger partial charge < -0.3 is 9.16 Å². The number of nitrogens with zero attached hydrogens (tertiary/aromatic N) is 1. The largest absolute Gasteiger partial charge is 0.468 e. The monoisotopic (exact) mass is 293 g/mol. The Morgan fingerprint density at radius 3 is 2.39 bits per heavy atom. The summed E-state index contributed by atoms with van der Waals surface area (Å²) in [5, 5.41) is 0.160. The Kier molecular flexibility index (Phi) is 4.86. The highest BCUT2D eigenvalue weighted by molar-refractivity contribution is 6.74. The molecule has 0 aromatic heterocycles. The molecule has 1 aliphatic rings. The molecular formula is C12H24ClNO3Si. The van der Waals surface area contributed by atoms with E-state index in [1.54, 1.807) is 0 Å². The Morgan fingerprint density at radius 1 is 1.39 bits per heavy atom. The standard InChI is InChI=1S/C12H24ClNO3Si/c1-12(2,3)18(5,6)17-9-7-10(11(15)16-4)14(13)8-9/h9-10H,7-8H2,1-6H3/t9-,10+/m1/s1. The molecule has 1 aliphatic heterocycles. The van der Waals surface area contributed by atoms with Crippen molar-refractivity contribution >= 4 is 26.1 Å². The number of halogens is 1. The van der Waals surface area contributed by atoms with Gasteiger partial charge in [-0.05, 0) is 29.9 Å². The van der Waals surface area contributed by atoms with E-state index in [1.807, 2.05) is 0 Å². The molecule has 4 nitrogen and oxygen atoms in total. The number of methoxy groups -OCH3 is 1. The van der Waals surface area contributed by atoms with Gasteiger partial charge in [-0.2, -0.15) is 0 Å². The van der Waals surface area contributed by atoms with Crippen LogP contribution >= 0.6 is 11.8 Å². The quantitative estimate of drug-likeness (QED) is 0.456. The molecule has 106 valence electrons. The Bertz CT molecular complexity index is 317. The summed E-state index contributed by atoms with van der Waals surface area (Å²) in [7, 11) is -0.427. The summed E-state index contributed by atoms with van der Waals surface area (Å²) in [4.78, 5) is 11.5. The molecule has 0 aromatic carbocycles. The Morgan fingerprint density at radius 2 is 1.94 bits per heavy atom. The average Bonchev–Trinajstić information content (AvgIpc) is 2.55. The van der Waals surface area contributed by atoms with Gasteiger partial charge in [0.1, 0.15) is 6.04 Å². The number of hydrogen-bond donors (Lipinski definition) is 0. The summed E-state index contributed by atoms with van der Waals surface area (Å²) in [5.41, 5.74) is 0. The molecule has 1 heterocycles. The van der Waals surface area contributed by atoms with E-state index in [9.17, 15) is 4.79 Å². The number of rotatable bonds is 3. The van der Waals surface area contributed by atoms with E-state index in [0.717, 1.165) is 0 Å². The second-order valence-electron chi connectivity index (χ2n) is 6.36. The molecule has 0 N–H and O–H groups in total. The van der Waals surface area contributed by atoms with Crippen LogP contribution in [0.1, 0.15) is 27.2 Å². The molecule has 2 atom stereocenters. The third-order valence-electron chi connectivity index (χ3n) is 3.94. The zero-order valence-electron chi connectivity index (χ0n) is 12.1. The maximum Gasteiger partial charge on any atom is 0.324 e. The first kappa shape index (κ1) is 16.0. The van der Waals surface area contributed by atoms with Gasteiger partial charge >= 0.3 is 5.97 Å². The number of carbonyl (C=O) groups excluding carboxylic acids is 1. The number of hydrogen-bond acceptors (Lipinski definition) is 4. The van der Waals surface area contributed by atoms with E-state index in [2.05, 4.69) is 33.9 Å². The minimum absolute atomic E-state index is 0.0208. The van der Waals surface area contributed by atoms with E-state index < -0.39 is 8.32 Å². The van der Waals surface area contributed by atoms with Gasteiger partial charge in [0, 0.05) is 13.0 Å². The van der Waals surface area contributed by atoms with Crippen molar-refractivity contribution in [2.24, 2.45) is 0 Å². The van der Waals surface area contributed by atoms with Gasteiger partial charge in [0.05, 0.1) is 13.2 Å². The lowest BCUT2D eigenvalue weighted by atomic mass is 10.2. The second kappa shape index (κ2) is 5.49. The van der Waals surface area contributed by atoms with Crippen molar-refractivity contribution in [1.82, 2.24) is 4.42 Å². The fraction of sp³-hybridized carbons (Fsp3) is 0.917. The lowest BCUT2D eigenvalue weighted by Gasteiger charge is -2.38. The Labute approximate surface area is 116 Å². The molecule has 6 heteroatoms. The molecule has 0 spiro atoms. The van der Waals surface area contributed by atoms with Gasteiger partial charge in [0.2, 0.25) is 0 Å². The zero-order valence-corrected chi connectivity index (χ0v) is 13.9. The van der Waals surface area contributed by atoms with Crippen LogP contribution < -0.4 is 0 Å². The summed E-state index contributed by atoms with van der Waals surface area (Å²) in [6.07, 6.45) is 0.635. The fourth-order valence-corrected chi connectivity index (χ4v) is 3.46. The topological polar surface area (TPSA) is 38.8 Å². The van der Waals surface area contributed by atoms with Crippen LogP contribution in [0.15, 0.2) is 0 Å². The van der Waals surface area contributed by atoms with Crippen LogP contribution in [0.2, 0.25) is 18.1 Å². The molecule has 0 aromatic rings. The third kappa shape index (κ3) is 3.47. The Balaban J connectivity index is 2.65. The molecule has 1 fully saturated rings. The van der Waals surface area contributed by atoms with Crippen molar-refractivity contribution in [3.05, 3.63) is 0 Å². The van der Waals surface area contributed by atoms with Crippen molar-refractivity contribution in [1.29, 1.82) is 0 Å². The third-order valence-corrected chi connectivity index (χ3v) is 8.85. The van der Waals surface area contributed by atoms with Crippen LogP contribution in [0, 0.1) is 0 Å². The first-order valence-corrected chi connectivity index (χ1v) is 9.51. The second-order valence-corrected chi connectivity index (χ2v) is 11.5. The number of ether oxygens (including phenoxy) is 1. The molecule has 0 amide bonds. The van der Waals surface area contributed by atoms with E-state index in [4.69, 9.17) is 20.9 Å². The minimum Gasteiger partial charge on any atom is -0.468 e. The highest BCUT2D eigenvalue weighted by atomic mass is 35.5. The van der Waals surface area contributed by atoms with Crippen molar-refractivity contribution in [3.8, 4) is 0 Å². The molecule has 18 heavy (non-hydrogen) atoms. The maximum absolute atomic E-state index is 11.5. The minimum atomic E-state index is -1.81. The first-order valence-electron chi connectivity index (χ1n) is 6.26. The van der Waals surface area contributed by atoms with Crippen LogP contribution in [0.4, 0.5) is 0 Å². The maximum atomic E-state index is 11.5. The highest BCUT2D eigenvalue weighted by Gasteiger charge is 2.44. The van der Waals surface area contributed by atoms with E-state index >= 15 is 0 Å². The van der Waals surface area contributed by atoms with Crippen LogP contribution in [0.25, 0.3) is 0 Å². The number of carbonyl (C=O) groups is 1. The van der Waals surface area contributed by atoms with E-state index in [1.165, 1.54) is 11.5 Å². The van der Waals surface area contributed by atoms with Crippen LogP contribution in [-0.4, -0.2) is 44.5 Å². The van der Waals surface area contributed by atoms with Gasteiger partial charge in [-0.1, -0.05) is 20.8 Å². The predicted octanol–water partition coefficient (Wildman–Crippen LogP) is 2.78. The smallest absolute Gasteiger partial charge is 0.324 e. The summed E-state index contributed by atoms with van der Waals surface area (Å²) in [6, 6.07) is -0.383. The molecular weight excluding hydrogens is 270 g/mol. The fourth-order valence-electron chi connectivity index (χ4n) is 1.79. The van der Waals surface area contributed by atoms with Gasteiger partial charge in [-0.25, -0.2) is 4.42 Å². The van der Waals surface area contributed by atoms with Crippen molar-refractivity contribution in [3.63, 3.8) is 0 Å². The van der Waals surface area contributed by atoms with Crippen molar-refractivity contribution in [2.45, 2.75) is 57.5 Å². The van der Waals surface area contributed by atoms with E-state index in [-0.39, 0.29) is 23.2 Å². The normalized spacial score (nSPS) is 26.4.